The van der Waals surface area contributed by atoms with Crippen LogP contribution in [-0.2, 0) is 0 Å². The first-order valence-corrected chi connectivity index (χ1v) is 7.82. The van der Waals surface area contributed by atoms with Gasteiger partial charge in [0, 0.05) is 17.2 Å². The molecule has 24 heavy (non-hydrogen) atoms. The molecule has 3 nitrogen and oxygen atoms in total. The van der Waals surface area contributed by atoms with Crippen molar-refractivity contribution in [3.8, 4) is 11.5 Å². The SMILES string of the molecule is C=C(c1ccc(C)c(C)c1)c1nccc2cc(OC)c(OC)cc12. The quantitative estimate of drug-likeness (QED) is 0.683. The molecule has 0 saturated carbocycles. The predicted molar refractivity (Wildman–Crippen MR) is 98.9 cm³/mol. The Bertz CT molecular complexity index is 929. The van der Waals surface area contributed by atoms with Gasteiger partial charge in [-0.2, -0.15) is 0 Å². The van der Waals surface area contributed by atoms with Crippen LogP contribution in [0.25, 0.3) is 16.3 Å². The van der Waals surface area contributed by atoms with Crippen LogP contribution < -0.4 is 9.47 Å². The van der Waals surface area contributed by atoms with E-state index in [9.17, 15) is 0 Å². The molecule has 1 aromatic heterocycles. The van der Waals surface area contributed by atoms with Gasteiger partial charge in [0.2, 0.25) is 0 Å². The predicted octanol–water partition coefficient (Wildman–Crippen LogP) is 4.93. The molecule has 1 heterocycles. The van der Waals surface area contributed by atoms with Gasteiger partial charge in [-0.3, -0.25) is 4.98 Å². The third kappa shape index (κ3) is 2.73. The molecule has 0 N–H and O–H groups in total. The van der Waals surface area contributed by atoms with Gasteiger partial charge in [-0.15, -0.1) is 0 Å². The van der Waals surface area contributed by atoms with E-state index in [1.54, 1.807) is 20.4 Å². The first-order valence-electron chi connectivity index (χ1n) is 7.82. The Morgan fingerprint density at radius 3 is 2.29 bits per heavy atom. The third-order valence-electron chi connectivity index (χ3n) is 4.41. The minimum atomic E-state index is 0.687. The maximum atomic E-state index is 5.44. The van der Waals surface area contributed by atoms with Gasteiger partial charge in [-0.1, -0.05) is 24.8 Å². The van der Waals surface area contributed by atoms with E-state index in [2.05, 4.69) is 43.6 Å². The summed E-state index contributed by atoms with van der Waals surface area (Å²) in [6, 6.07) is 12.2. The molecule has 0 atom stereocenters. The maximum absolute atomic E-state index is 5.44. The third-order valence-corrected chi connectivity index (χ3v) is 4.41. The van der Waals surface area contributed by atoms with Crippen molar-refractivity contribution in [3.63, 3.8) is 0 Å². The lowest BCUT2D eigenvalue weighted by molar-refractivity contribution is 0.356. The van der Waals surface area contributed by atoms with Crippen molar-refractivity contribution in [1.82, 2.24) is 4.98 Å². The molecule has 0 bridgehead atoms. The zero-order valence-corrected chi connectivity index (χ0v) is 14.5. The molecule has 0 fully saturated rings. The number of benzene rings is 2. The van der Waals surface area contributed by atoms with Gasteiger partial charge >= 0.3 is 0 Å². The number of rotatable bonds is 4. The van der Waals surface area contributed by atoms with Crippen molar-refractivity contribution in [2.24, 2.45) is 0 Å². The average molecular weight is 319 g/mol. The Hall–Kier alpha value is -2.81. The van der Waals surface area contributed by atoms with Gasteiger partial charge in [-0.25, -0.2) is 0 Å². The normalized spacial score (nSPS) is 10.7. The molecular weight excluding hydrogens is 298 g/mol. The maximum Gasteiger partial charge on any atom is 0.161 e. The van der Waals surface area contributed by atoms with Crippen LogP contribution in [0.15, 0.2) is 49.2 Å². The summed E-state index contributed by atoms with van der Waals surface area (Å²) in [6.45, 7) is 8.49. The second-order valence-corrected chi connectivity index (χ2v) is 5.87. The number of aryl methyl sites for hydroxylation is 2. The second-order valence-electron chi connectivity index (χ2n) is 5.87. The fourth-order valence-corrected chi connectivity index (χ4v) is 2.81. The summed E-state index contributed by atoms with van der Waals surface area (Å²) in [6.07, 6.45) is 1.80. The number of fused-ring (bicyclic) bond motifs is 1. The van der Waals surface area contributed by atoms with Crippen LogP contribution in [-0.4, -0.2) is 19.2 Å². The summed E-state index contributed by atoms with van der Waals surface area (Å²) < 4.78 is 10.8. The van der Waals surface area contributed by atoms with Gasteiger partial charge in [0.05, 0.1) is 19.9 Å². The molecule has 0 saturated heterocycles. The molecular formula is C21H21NO2. The summed E-state index contributed by atoms with van der Waals surface area (Å²) in [5.41, 5.74) is 5.34. The Kier molecular flexibility index (Phi) is 4.26. The highest BCUT2D eigenvalue weighted by Crippen LogP contribution is 2.35. The second kappa shape index (κ2) is 6.36. The minimum Gasteiger partial charge on any atom is -0.493 e. The van der Waals surface area contributed by atoms with Crippen LogP contribution in [0.3, 0.4) is 0 Å². The van der Waals surface area contributed by atoms with Crippen molar-refractivity contribution < 1.29 is 9.47 Å². The average Bonchev–Trinajstić information content (AvgIpc) is 2.61. The summed E-state index contributed by atoms with van der Waals surface area (Å²) in [7, 11) is 3.28. The van der Waals surface area contributed by atoms with E-state index in [1.807, 2.05) is 18.2 Å². The molecule has 0 radical (unpaired) electrons. The number of nitrogens with zero attached hydrogens (tertiary/aromatic N) is 1. The van der Waals surface area contributed by atoms with E-state index in [1.165, 1.54) is 11.1 Å². The van der Waals surface area contributed by atoms with Gasteiger partial charge < -0.3 is 9.47 Å². The largest absolute Gasteiger partial charge is 0.493 e. The van der Waals surface area contributed by atoms with Crippen LogP contribution >= 0.6 is 0 Å². The van der Waals surface area contributed by atoms with Crippen molar-refractivity contribution in [2.75, 3.05) is 14.2 Å². The van der Waals surface area contributed by atoms with E-state index in [-0.39, 0.29) is 0 Å². The van der Waals surface area contributed by atoms with Gasteiger partial charge in [0.25, 0.3) is 0 Å². The number of aromatic nitrogens is 1. The number of hydrogen-bond donors (Lipinski definition) is 0. The summed E-state index contributed by atoms with van der Waals surface area (Å²) in [4.78, 5) is 4.57. The van der Waals surface area contributed by atoms with E-state index in [0.717, 1.165) is 27.6 Å². The topological polar surface area (TPSA) is 31.4 Å². The van der Waals surface area contributed by atoms with E-state index < -0.39 is 0 Å². The Labute approximate surface area is 142 Å². The molecule has 0 aliphatic rings. The van der Waals surface area contributed by atoms with E-state index in [0.29, 0.717) is 11.5 Å². The van der Waals surface area contributed by atoms with Crippen molar-refractivity contribution >= 4 is 16.3 Å². The molecule has 0 aliphatic carbocycles. The monoisotopic (exact) mass is 319 g/mol. The molecule has 0 unspecified atom stereocenters. The highest BCUT2D eigenvalue weighted by Gasteiger charge is 2.13. The lowest BCUT2D eigenvalue weighted by Crippen LogP contribution is -1.96. The standard InChI is InChI=1S/C21H21NO2/c1-13-6-7-16(10-14(13)2)15(3)21-18-12-20(24-5)19(23-4)11-17(18)8-9-22-21/h6-12H,3H2,1-2,4-5H3. The molecule has 3 aromatic rings. The van der Waals surface area contributed by atoms with Gasteiger partial charge in [0.1, 0.15) is 0 Å². The van der Waals surface area contributed by atoms with Crippen molar-refractivity contribution in [1.29, 1.82) is 0 Å². The fourth-order valence-electron chi connectivity index (χ4n) is 2.81. The van der Waals surface area contributed by atoms with Crippen LogP contribution in [0.5, 0.6) is 11.5 Å². The lowest BCUT2D eigenvalue weighted by Gasteiger charge is -2.13. The van der Waals surface area contributed by atoms with Gasteiger partial charge in [-0.05, 0) is 54.1 Å². The summed E-state index contributed by atoms with van der Waals surface area (Å²) >= 11 is 0. The summed E-state index contributed by atoms with van der Waals surface area (Å²) in [5, 5.41) is 2.04. The zero-order chi connectivity index (χ0) is 17.3. The zero-order valence-electron chi connectivity index (χ0n) is 14.5. The van der Waals surface area contributed by atoms with Crippen molar-refractivity contribution in [3.05, 3.63) is 71.6 Å². The molecule has 0 spiro atoms. The van der Waals surface area contributed by atoms with Crippen LogP contribution in [0.2, 0.25) is 0 Å². The first-order chi connectivity index (χ1) is 11.5. The van der Waals surface area contributed by atoms with Crippen LogP contribution in [0.1, 0.15) is 22.4 Å². The number of ether oxygens (including phenoxy) is 2. The molecule has 0 amide bonds. The highest BCUT2D eigenvalue weighted by atomic mass is 16.5. The Morgan fingerprint density at radius 2 is 1.62 bits per heavy atom. The molecule has 122 valence electrons. The molecule has 3 rings (SSSR count). The summed E-state index contributed by atoms with van der Waals surface area (Å²) in [5.74, 6) is 1.39. The van der Waals surface area contributed by atoms with Crippen LogP contribution in [0.4, 0.5) is 0 Å². The first kappa shape index (κ1) is 16.1. The van der Waals surface area contributed by atoms with E-state index in [4.69, 9.17) is 9.47 Å². The number of hydrogen-bond acceptors (Lipinski definition) is 3. The van der Waals surface area contributed by atoms with E-state index >= 15 is 0 Å². The number of methoxy groups -OCH3 is 2. The fraction of sp³-hybridized carbons (Fsp3) is 0.190. The van der Waals surface area contributed by atoms with Gasteiger partial charge in [0.15, 0.2) is 11.5 Å². The molecule has 3 heteroatoms. The minimum absolute atomic E-state index is 0.687. The Morgan fingerprint density at radius 1 is 0.917 bits per heavy atom. The van der Waals surface area contributed by atoms with Crippen molar-refractivity contribution in [2.45, 2.75) is 13.8 Å². The number of pyridine rings is 1. The molecule has 2 aromatic carbocycles. The lowest BCUT2D eigenvalue weighted by atomic mass is 9.96. The molecule has 0 aliphatic heterocycles. The smallest absolute Gasteiger partial charge is 0.161 e. The van der Waals surface area contributed by atoms with Crippen LogP contribution in [0, 0.1) is 13.8 Å². The highest BCUT2D eigenvalue weighted by molar-refractivity contribution is 5.97. The Balaban J connectivity index is 2.18.